The van der Waals surface area contributed by atoms with Gasteiger partial charge >= 0.3 is 0 Å². The Morgan fingerprint density at radius 1 is 1.40 bits per heavy atom. The summed E-state index contributed by atoms with van der Waals surface area (Å²) in [6.07, 6.45) is 3.98. The number of aryl methyl sites for hydroxylation is 1. The zero-order chi connectivity index (χ0) is 14.7. The maximum atomic E-state index is 5.94. The van der Waals surface area contributed by atoms with Crippen LogP contribution in [-0.4, -0.2) is 28.3 Å². The highest BCUT2D eigenvalue weighted by atomic mass is 16.3. The third-order valence-corrected chi connectivity index (χ3v) is 3.49. The molecule has 0 aliphatic heterocycles. The van der Waals surface area contributed by atoms with Crippen molar-refractivity contribution in [1.82, 2.24) is 14.7 Å². The smallest absolute Gasteiger partial charge is 0.118 e. The SMILES string of the molecule is Cc1ccc(CN(C)C(CN)c2cnn(C(C)C)c2)o1. The molecule has 2 heterocycles. The summed E-state index contributed by atoms with van der Waals surface area (Å²) < 4.78 is 7.59. The van der Waals surface area contributed by atoms with Crippen molar-refractivity contribution >= 4 is 0 Å². The number of likely N-dealkylation sites (N-methyl/N-ethyl adjacent to an activating group) is 1. The van der Waals surface area contributed by atoms with Crippen LogP contribution in [0.4, 0.5) is 0 Å². The van der Waals surface area contributed by atoms with E-state index < -0.39 is 0 Å². The van der Waals surface area contributed by atoms with Crippen molar-refractivity contribution in [2.24, 2.45) is 5.73 Å². The van der Waals surface area contributed by atoms with Crippen LogP contribution < -0.4 is 5.73 Å². The monoisotopic (exact) mass is 276 g/mol. The first-order valence-electron chi connectivity index (χ1n) is 7.01. The molecule has 0 amide bonds. The summed E-state index contributed by atoms with van der Waals surface area (Å²) in [6.45, 7) is 7.48. The molecule has 2 rings (SSSR count). The summed E-state index contributed by atoms with van der Waals surface area (Å²) in [5.74, 6) is 1.89. The van der Waals surface area contributed by atoms with Gasteiger partial charge in [0.15, 0.2) is 0 Å². The van der Waals surface area contributed by atoms with Crippen LogP contribution in [0.15, 0.2) is 28.9 Å². The summed E-state index contributed by atoms with van der Waals surface area (Å²) in [4.78, 5) is 2.19. The number of aromatic nitrogens is 2. The second kappa shape index (κ2) is 6.24. The van der Waals surface area contributed by atoms with Gasteiger partial charge in [-0.2, -0.15) is 5.10 Å². The highest BCUT2D eigenvalue weighted by Gasteiger charge is 2.19. The van der Waals surface area contributed by atoms with Crippen LogP contribution in [-0.2, 0) is 6.54 Å². The average Bonchev–Trinajstić information content (AvgIpc) is 3.00. The van der Waals surface area contributed by atoms with Crippen molar-refractivity contribution in [1.29, 1.82) is 0 Å². The molecule has 0 fully saturated rings. The Morgan fingerprint density at radius 2 is 2.15 bits per heavy atom. The Labute approximate surface area is 120 Å². The van der Waals surface area contributed by atoms with Crippen molar-refractivity contribution in [2.75, 3.05) is 13.6 Å². The predicted octanol–water partition coefficient (Wildman–Crippen LogP) is 2.50. The Hall–Kier alpha value is -1.59. The summed E-state index contributed by atoms with van der Waals surface area (Å²) in [5, 5.41) is 4.39. The average molecular weight is 276 g/mol. The lowest BCUT2D eigenvalue weighted by molar-refractivity contribution is 0.221. The van der Waals surface area contributed by atoms with Gasteiger partial charge in [-0.1, -0.05) is 0 Å². The standard InChI is InChI=1S/C15H24N4O/c1-11(2)19-9-13(8-17-19)15(7-16)18(4)10-14-6-5-12(3)20-14/h5-6,8-9,11,15H,7,10,16H2,1-4H3. The molecule has 1 atom stereocenters. The van der Waals surface area contributed by atoms with Crippen LogP contribution in [0.5, 0.6) is 0 Å². The molecule has 110 valence electrons. The minimum Gasteiger partial charge on any atom is -0.465 e. The molecule has 20 heavy (non-hydrogen) atoms. The van der Waals surface area contributed by atoms with Gasteiger partial charge in [0.05, 0.1) is 18.8 Å². The van der Waals surface area contributed by atoms with E-state index in [1.165, 1.54) is 0 Å². The molecule has 0 bridgehead atoms. The number of rotatable bonds is 6. The van der Waals surface area contributed by atoms with Crippen molar-refractivity contribution in [3.05, 3.63) is 41.6 Å². The van der Waals surface area contributed by atoms with Crippen LogP contribution in [0.25, 0.3) is 0 Å². The largest absolute Gasteiger partial charge is 0.465 e. The van der Waals surface area contributed by atoms with E-state index in [9.17, 15) is 0 Å². The van der Waals surface area contributed by atoms with Gasteiger partial charge in [-0.05, 0) is 40.0 Å². The zero-order valence-electron chi connectivity index (χ0n) is 12.7. The van der Waals surface area contributed by atoms with E-state index in [2.05, 4.69) is 37.1 Å². The van der Waals surface area contributed by atoms with Crippen LogP contribution in [0.3, 0.4) is 0 Å². The van der Waals surface area contributed by atoms with E-state index in [1.807, 2.05) is 29.9 Å². The number of nitrogens with two attached hydrogens (primary N) is 1. The van der Waals surface area contributed by atoms with E-state index in [0.29, 0.717) is 12.6 Å². The van der Waals surface area contributed by atoms with E-state index in [-0.39, 0.29) is 6.04 Å². The fourth-order valence-electron chi connectivity index (χ4n) is 2.30. The van der Waals surface area contributed by atoms with Gasteiger partial charge in [-0.3, -0.25) is 9.58 Å². The third-order valence-electron chi connectivity index (χ3n) is 3.49. The van der Waals surface area contributed by atoms with Crippen LogP contribution in [0.1, 0.15) is 43.0 Å². The molecule has 2 aromatic heterocycles. The van der Waals surface area contributed by atoms with Crippen molar-refractivity contribution < 1.29 is 4.42 Å². The second-order valence-electron chi connectivity index (χ2n) is 5.53. The first-order chi connectivity index (χ1) is 9.51. The molecule has 1 unspecified atom stereocenters. The third kappa shape index (κ3) is 3.29. The van der Waals surface area contributed by atoms with E-state index in [0.717, 1.165) is 23.6 Å². The molecule has 5 heteroatoms. The van der Waals surface area contributed by atoms with Crippen LogP contribution in [0, 0.1) is 6.92 Å². The maximum Gasteiger partial charge on any atom is 0.118 e. The lowest BCUT2D eigenvalue weighted by Crippen LogP contribution is -2.29. The zero-order valence-corrected chi connectivity index (χ0v) is 12.7. The topological polar surface area (TPSA) is 60.2 Å². The number of hydrogen-bond donors (Lipinski definition) is 1. The number of hydrogen-bond acceptors (Lipinski definition) is 4. The molecule has 0 aromatic carbocycles. The fourth-order valence-corrected chi connectivity index (χ4v) is 2.30. The van der Waals surface area contributed by atoms with Crippen LogP contribution >= 0.6 is 0 Å². The molecular weight excluding hydrogens is 252 g/mol. The first-order valence-corrected chi connectivity index (χ1v) is 7.01. The Balaban J connectivity index is 2.09. The Bertz CT molecular complexity index is 544. The molecule has 2 N–H and O–H groups in total. The molecule has 0 saturated carbocycles. The van der Waals surface area contributed by atoms with Gasteiger partial charge in [-0.25, -0.2) is 0 Å². The van der Waals surface area contributed by atoms with Crippen molar-refractivity contribution in [3.8, 4) is 0 Å². The van der Waals surface area contributed by atoms with E-state index >= 15 is 0 Å². The Kier molecular flexibility index (Phi) is 4.62. The molecule has 5 nitrogen and oxygen atoms in total. The number of furan rings is 1. The molecule has 2 aromatic rings. The van der Waals surface area contributed by atoms with Gasteiger partial charge in [0.2, 0.25) is 0 Å². The van der Waals surface area contributed by atoms with Gasteiger partial charge in [-0.15, -0.1) is 0 Å². The quantitative estimate of drug-likeness (QED) is 0.880. The second-order valence-corrected chi connectivity index (χ2v) is 5.53. The van der Waals surface area contributed by atoms with Crippen molar-refractivity contribution in [3.63, 3.8) is 0 Å². The minimum absolute atomic E-state index is 0.146. The van der Waals surface area contributed by atoms with Crippen LogP contribution in [0.2, 0.25) is 0 Å². The molecule has 0 saturated heterocycles. The lowest BCUT2D eigenvalue weighted by atomic mass is 10.1. The summed E-state index contributed by atoms with van der Waals surface area (Å²) >= 11 is 0. The normalized spacial score (nSPS) is 13.3. The summed E-state index contributed by atoms with van der Waals surface area (Å²) in [7, 11) is 2.06. The molecule has 0 aliphatic rings. The minimum atomic E-state index is 0.146. The molecule has 0 aliphatic carbocycles. The maximum absolute atomic E-state index is 5.94. The van der Waals surface area contributed by atoms with Gasteiger partial charge in [0.1, 0.15) is 11.5 Å². The van der Waals surface area contributed by atoms with Crippen molar-refractivity contribution in [2.45, 2.75) is 39.4 Å². The lowest BCUT2D eigenvalue weighted by Gasteiger charge is -2.25. The molecule has 0 radical (unpaired) electrons. The molecule has 0 spiro atoms. The first kappa shape index (κ1) is 14.8. The molecular formula is C15H24N4O. The Morgan fingerprint density at radius 3 is 2.65 bits per heavy atom. The summed E-state index contributed by atoms with van der Waals surface area (Å²) in [5.41, 5.74) is 7.09. The van der Waals surface area contributed by atoms with Gasteiger partial charge < -0.3 is 10.2 Å². The predicted molar refractivity (Wildman–Crippen MR) is 79.3 cm³/mol. The van der Waals surface area contributed by atoms with Gasteiger partial charge in [0, 0.05) is 24.3 Å². The fraction of sp³-hybridized carbons (Fsp3) is 0.533. The summed E-state index contributed by atoms with van der Waals surface area (Å²) in [6, 6.07) is 4.50. The van der Waals surface area contributed by atoms with E-state index in [4.69, 9.17) is 10.2 Å². The highest BCUT2D eigenvalue weighted by Crippen LogP contribution is 2.21. The van der Waals surface area contributed by atoms with E-state index in [1.54, 1.807) is 0 Å². The highest BCUT2D eigenvalue weighted by molar-refractivity contribution is 5.13. The number of nitrogens with zero attached hydrogens (tertiary/aromatic N) is 3. The van der Waals surface area contributed by atoms with Gasteiger partial charge in [0.25, 0.3) is 0 Å².